The van der Waals surface area contributed by atoms with E-state index in [1.54, 1.807) is 0 Å². The van der Waals surface area contributed by atoms with Gasteiger partial charge in [-0.1, -0.05) is 35.9 Å². The number of halogens is 1. The Bertz CT molecular complexity index is 481. The minimum absolute atomic E-state index is 0.00711. The number of hydrogen-bond donors (Lipinski definition) is 0. The molecular formula is C19H25ClO2. The second kappa shape index (κ2) is 7.63. The predicted molar refractivity (Wildman–Crippen MR) is 90.1 cm³/mol. The van der Waals surface area contributed by atoms with E-state index in [1.165, 1.54) is 31.2 Å². The molecule has 1 saturated heterocycles. The molecule has 0 radical (unpaired) electrons. The van der Waals surface area contributed by atoms with E-state index in [9.17, 15) is 0 Å². The lowest BCUT2D eigenvalue weighted by molar-refractivity contribution is -0.222. The van der Waals surface area contributed by atoms with Crippen LogP contribution >= 0.6 is 11.6 Å². The van der Waals surface area contributed by atoms with E-state index in [1.807, 2.05) is 19.1 Å². The molecule has 1 heterocycles. The van der Waals surface area contributed by atoms with Crippen LogP contribution in [0.5, 0.6) is 0 Å². The summed E-state index contributed by atoms with van der Waals surface area (Å²) >= 11 is 5.97. The molecule has 3 rings (SSSR count). The van der Waals surface area contributed by atoms with Crippen LogP contribution in [0.2, 0.25) is 5.02 Å². The quantitative estimate of drug-likeness (QED) is 0.714. The van der Waals surface area contributed by atoms with Crippen molar-refractivity contribution in [2.75, 3.05) is 13.2 Å². The van der Waals surface area contributed by atoms with Gasteiger partial charge in [-0.25, -0.2) is 0 Å². The van der Waals surface area contributed by atoms with Crippen molar-refractivity contribution >= 4 is 11.6 Å². The highest BCUT2D eigenvalue weighted by atomic mass is 35.5. The van der Waals surface area contributed by atoms with Gasteiger partial charge < -0.3 is 9.47 Å². The van der Waals surface area contributed by atoms with Gasteiger partial charge in [0.25, 0.3) is 0 Å². The van der Waals surface area contributed by atoms with Crippen molar-refractivity contribution < 1.29 is 9.47 Å². The highest BCUT2D eigenvalue weighted by Crippen LogP contribution is 2.39. The minimum atomic E-state index is 0.00711. The molecule has 120 valence electrons. The SMILES string of the molecule is C/C=C/C1COC(C2CCC(c3ccc(Cl)cc3)CC2)OC1. The van der Waals surface area contributed by atoms with Crippen molar-refractivity contribution in [1.29, 1.82) is 0 Å². The number of hydrogen-bond acceptors (Lipinski definition) is 2. The zero-order valence-electron chi connectivity index (χ0n) is 13.2. The summed E-state index contributed by atoms with van der Waals surface area (Å²) in [5, 5.41) is 0.817. The largest absolute Gasteiger partial charge is 0.352 e. The molecule has 0 atom stereocenters. The van der Waals surface area contributed by atoms with Crippen molar-refractivity contribution in [3.8, 4) is 0 Å². The van der Waals surface area contributed by atoms with Gasteiger partial charge in [-0.2, -0.15) is 0 Å². The fraction of sp³-hybridized carbons (Fsp3) is 0.579. The summed E-state index contributed by atoms with van der Waals surface area (Å²) in [5.74, 6) is 1.63. The Morgan fingerprint density at radius 2 is 1.64 bits per heavy atom. The van der Waals surface area contributed by atoms with Gasteiger partial charge in [-0.05, 0) is 56.2 Å². The average Bonchev–Trinajstić information content (AvgIpc) is 2.57. The van der Waals surface area contributed by atoms with Crippen LogP contribution in [0.3, 0.4) is 0 Å². The van der Waals surface area contributed by atoms with Crippen LogP contribution in [0.4, 0.5) is 0 Å². The first-order valence-corrected chi connectivity index (χ1v) is 8.75. The zero-order valence-corrected chi connectivity index (χ0v) is 14.0. The maximum Gasteiger partial charge on any atom is 0.160 e. The molecule has 0 aromatic heterocycles. The first-order valence-electron chi connectivity index (χ1n) is 8.37. The Hall–Kier alpha value is -0.830. The molecule has 2 nitrogen and oxygen atoms in total. The monoisotopic (exact) mass is 320 g/mol. The second-order valence-electron chi connectivity index (χ2n) is 6.48. The summed E-state index contributed by atoms with van der Waals surface area (Å²) in [6.45, 7) is 3.64. The van der Waals surface area contributed by atoms with Crippen LogP contribution in [0.15, 0.2) is 36.4 Å². The standard InChI is InChI=1S/C19H25ClO2/c1-2-3-14-12-21-19(22-13-14)17-6-4-15(5-7-17)16-8-10-18(20)11-9-16/h2-3,8-11,14-15,17,19H,4-7,12-13H2,1H3/b3-2+. The zero-order chi connectivity index (χ0) is 15.4. The average molecular weight is 321 g/mol. The number of ether oxygens (including phenoxy) is 2. The number of rotatable bonds is 3. The normalized spacial score (nSPS) is 33.2. The topological polar surface area (TPSA) is 18.5 Å². The summed E-state index contributed by atoms with van der Waals surface area (Å²) in [4.78, 5) is 0. The van der Waals surface area contributed by atoms with Gasteiger partial charge in [-0.15, -0.1) is 0 Å². The first-order chi connectivity index (χ1) is 10.8. The molecule has 1 aliphatic heterocycles. The van der Waals surface area contributed by atoms with Gasteiger partial charge in [-0.3, -0.25) is 0 Å². The van der Waals surface area contributed by atoms with Crippen molar-refractivity contribution in [2.45, 2.75) is 44.8 Å². The third kappa shape index (κ3) is 3.92. The molecule has 1 saturated carbocycles. The van der Waals surface area contributed by atoms with E-state index >= 15 is 0 Å². The Morgan fingerprint density at radius 1 is 1.00 bits per heavy atom. The van der Waals surface area contributed by atoms with Crippen LogP contribution in [0, 0.1) is 11.8 Å². The van der Waals surface area contributed by atoms with Crippen LogP contribution < -0.4 is 0 Å². The van der Waals surface area contributed by atoms with E-state index in [4.69, 9.17) is 21.1 Å². The summed E-state index contributed by atoms with van der Waals surface area (Å²) < 4.78 is 11.9. The summed E-state index contributed by atoms with van der Waals surface area (Å²) in [7, 11) is 0. The fourth-order valence-corrected chi connectivity index (χ4v) is 3.77. The maximum absolute atomic E-state index is 5.97. The van der Waals surface area contributed by atoms with E-state index in [0.29, 0.717) is 17.8 Å². The van der Waals surface area contributed by atoms with Gasteiger partial charge >= 0.3 is 0 Å². The Kier molecular flexibility index (Phi) is 5.56. The summed E-state index contributed by atoms with van der Waals surface area (Å²) in [6.07, 6.45) is 9.07. The molecule has 1 aliphatic carbocycles. The molecule has 22 heavy (non-hydrogen) atoms. The molecule has 0 N–H and O–H groups in total. The van der Waals surface area contributed by atoms with E-state index in [-0.39, 0.29) is 6.29 Å². The molecule has 1 aromatic rings. The van der Waals surface area contributed by atoms with E-state index < -0.39 is 0 Å². The third-order valence-corrected chi connectivity index (χ3v) is 5.16. The molecule has 0 amide bonds. The Balaban J connectivity index is 1.49. The van der Waals surface area contributed by atoms with E-state index in [2.05, 4.69) is 24.3 Å². The smallest absolute Gasteiger partial charge is 0.160 e. The van der Waals surface area contributed by atoms with Gasteiger partial charge in [0.1, 0.15) is 0 Å². The lowest BCUT2D eigenvalue weighted by Crippen LogP contribution is -2.37. The minimum Gasteiger partial charge on any atom is -0.352 e. The van der Waals surface area contributed by atoms with Crippen molar-refractivity contribution in [3.05, 3.63) is 47.0 Å². The van der Waals surface area contributed by atoms with Crippen LogP contribution in [0.1, 0.15) is 44.1 Å². The molecule has 2 fully saturated rings. The molecule has 0 spiro atoms. The molecular weight excluding hydrogens is 296 g/mol. The molecule has 1 aromatic carbocycles. The van der Waals surface area contributed by atoms with Gasteiger partial charge in [0.05, 0.1) is 13.2 Å². The second-order valence-corrected chi connectivity index (χ2v) is 6.92. The van der Waals surface area contributed by atoms with Crippen LogP contribution in [0.25, 0.3) is 0 Å². The summed E-state index contributed by atoms with van der Waals surface area (Å²) in [5.41, 5.74) is 1.42. The Morgan fingerprint density at radius 3 is 2.23 bits per heavy atom. The highest BCUT2D eigenvalue weighted by molar-refractivity contribution is 6.30. The number of allylic oxidation sites excluding steroid dienone is 1. The molecule has 2 aliphatic rings. The van der Waals surface area contributed by atoms with Gasteiger partial charge in [0, 0.05) is 16.9 Å². The predicted octanol–water partition coefficient (Wildman–Crippen LogP) is 5.18. The molecule has 0 unspecified atom stereocenters. The lowest BCUT2D eigenvalue weighted by atomic mass is 9.78. The van der Waals surface area contributed by atoms with Gasteiger partial charge in [0.2, 0.25) is 0 Å². The van der Waals surface area contributed by atoms with Crippen LogP contribution in [-0.2, 0) is 9.47 Å². The summed E-state index contributed by atoms with van der Waals surface area (Å²) in [6, 6.07) is 8.33. The van der Waals surface area contributed by atoms with Crippen molar-refractivity contribution in [2.24, 2.45) is 11.8 Å². The van der Waals surface area contributed by atoms with Crippen molar-refractivity contribution in [1.82, 2.24) is 0 Å². The maximum atomic E-state index is 5.97. The molecule has 0 bridgehead atoms. The lowest BCUT2D eigenvalue weighted by Gasteiger charge is -2.37. The first kappa shape index (κ1) is 16.0. The Labute approximate surface area is 138 Å². The number of benzene rings is 1. The van der Waals surface area contributed by atoms with Crippen molar-refractivity contribution in [3.63, 3.8) is 0 Å². The molecule has 3 heteroatoms. The van der Waals surface area contributed by atoms with E-state index in [0.717, 1.165) is 18.2 Å². The fourth-order valence-electron chi connectivity index (χ4n) is 3.65. The third-order valence-electron chi connectivity index (χ3n) is 4.91. The van der Waals surface area contributed by atoms with Gasteiger partial charge in [0.15, 0.2) is 6.29 Å². The highest BCUT2D eigenvalue weighted by Gasteiger charge is 2.32. The van der Waals surface area contributed by atoms with Crippen LogP contribution in [-0.4, -0.2) is 19.5 Å².